The second-order valence-corrected chi connectivity index (χ2v) is 5.33. The molecule has 1 aromatic rings. The largest absolute Gasteiger partial charge is 0.465 e. The van der Waals surface area contributed by atoms with Crippen LogP contribution in [0.2, 0.25) is 0 Å². The fraction of sp³-hybridized carbons (Fsp3) is 0.733. The molecule has 0 amide bonds. The lowest BCUT2D eigenvalue weighted by Crippen LogP contribution is -2.45. The number of hydrogen-bond acceptors (Lipinski definition) is 4. The van der Waals surface area contributed by atoms with E-state index in [1.807, 2.05) is 18.5 Å². The maximum Gasteiger partial charge on any atom is 0.323 e. The molecule has 1 unspecified atom stereocenters. The zero-order chi connectivity index (χ0) is 14.5. The van der Waals surface area contributed by atoms with Gasteiger partial charge in [0, 0.05) is 13.1 Å². The summed E-state index contributed by atoms with van der Waals surface area (Å²) >= 11 is 0. The van der Waals surface area contributed by atoms with Crippen LogP contribution in [-0.2, 0) is 22.6 Å². The van der Waals surface area contributed by atoms with Gasteiger partial charge in [-0.15, -0.1) is 0 Å². The molecule has 0 N–H and O–H groups in total. The van der Waals surface area contributed by atoms with Crippen molar-refractivity contribution in [3.05, 3.63) is 17.5 Å². The summed E-state index contributed by atoms with van der Waals surface area (Å²) in [5, 5.41) is 4.47. The lowest BCUT2D eigenvalue weighted by molar-refractivity contribution is -0.151. The molecule has 1 fully saturated rings. The Morgan fingerprint density at radius 2 is 2.25 bits per heavy atom. The predicted octanol–water partition coefficient (Wildman–Crippen LogP) is 2.13. The number of hydrogen-bond donors (Lipinski definition) is 0. The highest BCUT2D eigenvalue weighted by atomic mass is 16.5. The minimum Gasteiger partial charge on any atom is -0.465 e. The molecule has 2 rings (SSSR count). The van der Waals surface area contributed by atoms with Crippen molar-refractivity contribution in [2.45, 2.75) is 59.2 Å². The van der Waals surface area contributed by atoms with Crippen molar-refractivity contribution >= 4 is 5.97 Å². The van der Waals surface area contributed by atoms with E-state index in [1.54, 1.807) is 0 Å². The number of carbonyl (C=O) groups is 1. The first-order valence-electron chi connectivity index (χ1n) is 7.59. The molecule has 1 atom stereocenters. The number of rotatable bonds is 5. The van der Waals surface area contributed by atoms with Crippen molar-refractivity contribution in [2.75, 3.05) is 13.2 Å². The smallest absolute Gasteiger partial charge is 0.323 e. The normalized spacial score (nSPS) is 20.1. The monoisotopic (exact) mass is 279 g/mol. The van der Waals surface area contributed by atoms with Crippen molar-refractivity contribution in [1.82, 2.24) is 14.7 Å². The molecule has 1 saturated heterocycles. The van der Waals surface area contributed by atoms with Crippen LogP contribution >= 0.6 is 0 Å². The van der Waals surface area contributed by atoms with Crippen molar-refractivity contribution in [3.63, 3.8) is 0 Å². The van der Waals surface area contributed by atoms with E-state index in [-0.39, 0.29) is 12.0 Å². The molecule has 112 valence electrons. The molecule has 0 aliphatic carbocycles. The van der Waals surface area contributed by atoms with Crippen molar-refractivity contribution in [2.24, 2.45) is 0 Å². The molecule has 0 aromatic carbocycles. The Bertz CT molecular complexity index is 456. The maximum atomic E-state index is 12.1. The number of aryl methyl sites for hydroxylation is 2. The van der Waals surface area contributed by atoms with E-state index in [4.69, 9.17) is 4.74 Å². The van der Waals surface area contributed by atoms with Gasteiger partial charge in [-0.1, -0.05) is 6.42 Å². The topological polar surface area (TPSA) is 47.4 Å². The van der Waals surface area contributed by atoms with Crippen LogP contribution in [0.5, 0.6) is 0 Å². The lowest BCUT2D eigenvalue weighted by Gasteiger charge is -2.33. The Labute approximate surface area is 120 Å². The van der Waals surface area contributed by atoms with E-state index in [1.165, 1.54) is 5.69 Å². The van der Waals surface area contributed by atoms with E-state index >= 15 is 0 Å². The summed E-state index contributed by atoms with van der Waals surface area (Å²) in [4.78, 5) is 14.3. The molecule has 5 heteroatoms. The number of likely N-dealkylation sites (tertiary alicyclic amines) is 1. The van der Waals surface area contributed by atoms with Gasteiger partial charge in [0.25, 0.3) is 0 Å². The molecular weight excluding hydrogens is 254 g/mol. The molecule has 0 spiro atoms. The minimum atomic E-state index is -0.0933. The van der Waals surface area contributed by atoms with Gasteiger partial charge in [-0.3, -0.25) is 14.4 Å². The van der Waals surface area contributed by atoms with Crippen LogP contribution in [0, 0.1) is 6.92 Å². The van der Waals surface area contributed by atoms with Crippen LogP contribution < -0.4 is 0 Å². The third-order valence-corrected chi connectivity index (χ3v) is 3.82. The van der Waals surface area contributed by atoms with Crippen LogP contribution in [0.15, 0.2) is 6.07 Å². The molecule has 1 aromatic heterocycles. The van der Waals surface area contributed by atoms with Gasteiger partial charge >= 0.3 is 5.97 Å². The zero-order valence-corrected chi connectivity index (χ0v) is 12.8. The number of esters is 1. The molecule has 0 bridgehead atoms. The van der Waals surface area contributed by atoms with Crippen molar-refractivity contribution < 1.29 is 9.53 Å². The van der Waals surface area contributed by atoms with Crippen LogP contribution in [0.1, 0.15) is 44.5 Å². The SMILES string of the molecule is CCOC(=O)C1CCCCN1Cc1cc(C)nn1CC. The van der Waals surface area contributed by atoms with Crippen LogP contribution in [0.4, 0.5) is 0 Å². The molecule has 20 heavy (non-hydrogen) atoms. The standard InChI is InChI=1S/C15H25N3O2/c1-4-18-13(10-12(3)16-18)11-17-9-7-6-8-14(17)15(19)20-5-2/h10,14H,4-9,11H2,1-3H3. The molecule has 2 heterocycles. The Kier molecular flexibility index (Phi) is 5.17. The predicted molar refractivity (Wildman–Crippen MR) is 77.3 cm³/mol. The molecule has 0 saturated carbocycles. The summed E-state index contributed by atoms with van der Waals surface area (Å²) in [5.41, 5.74) is 2.22. The number of ether oxygens (including phenoxy) is 1. The first-order valence-corrected chi connectivity index (χ1v) is 7.59. The van der Waals surface area contributed by atoms with E-state index in [9.17, 15) is 4.79 Å². The van der Waals surface area contributed by atoms with Gasteiger partial charge in [0.2, 0.25) is 0 Å². The average Bonchev–Trinajstić information content (AvgIpc) is 2.79. The van der Waals surface area contributed by atoms with Gasteiger partial charge in [-0.25, -0.2) is 0 Å². The quantitative estimate of drug-likeness (QED) is 0.775. The van der Waals surface area contributed by atoms with Gasteiger partial charge in [0.05, 0.1) is 18.0 Å². The van der Waals surface area contributed by atoms with Crippen molar-refractivity contribution in [1.29, 1.82) is 0 Å². The zero-order valence-electron chi connectivity index (χ0n) is 12.8. The van der Waals surface area contributed by atoms with Crippen LogP contribution in [0.25, 0.3) is 0 Å². The van der Waals surface area contributed by atoms with Gasteiger partial charge in [0.15, 0.2) is 0 Å². The Balaban J connectivity index is 2.10. The Morgan fingerprint density at radius 1 is 1.45 bits per heavy atom. The summed E-state index contributed by atoms with van der Waals surface area (Å²) < 4.78 is 7.23. The summed E-state index contributed by atoms with van der Waals surface area (Å²) in [5.74, 6) is -0.0773. The molecule has 0 radical (unpaired) electrons. The number of piperidine rings is 1. The van der Waals surface area contributed by atoms with Crippen LogP contribution in [0.3, 0.4) is 0 Å². The summed E-state index contributed by atoms with van der Waals surface area (Å²) in [7, 11) is 0. The van der Waals surface area contributed by atoms with E-state index < -0.39 is 0 Å². The second-order valence-electron chi connectivity index (χ2n) is 5.33. The lowest BCUT2D eigenvalue weighted by atomic mass is 10.0. The first-order chi connectivity index (χ1) is 9.65. The average molecular weight is 279 g/mol. The highest BCUT2D eigenvalue weighted by molar-refractivity contribution is 5.75. The van der Waals surface area contributed by atoms with Gasteiger partial charge in [-0.2, -0.15) is 5.10 Å². The number of nitrogens with zero attached hydrogens (tertiary/aromatic N) is 3. The first kappa shape index (κ1) is 15.0. The third-order valence-electron chi connectivity index (χ3n) is 3.82. The molecular formula is C15H25N3O2. The highest BCUT2D eigenvalue weighted by Gasteiger charge is 2.30. The summed E-state index contributed by atoms with van der Waals surface area (Å²) in [6.45, 7) is 9.01. The van der Waals surface area contributed by atoms with Crippen molar-refractivity contribution in [3.8, 4) is 0 Å². The summed E-state index contributed by atoms with van der Waals surface area (Å²) in [6, 6.07) is 2.02. The Hall–Kier alpha value is -1.36. The second kappa shape index (κ2) is 6.88. The fourth-order valence-corrected chi connectivity index (χ4v) is 2.89. The van der Waals surface area contributed by atoms with Crippen LogP contribution in [-0.4, -0.2) is 39.8 Å². The maximum absolute atomic E-state index is 12.1. The van der Waals surface area contributed by atoms with Gasteiger partial charge < -0.3 is 4.74 Å². The van der Waals surface area contributed by atoms with E-state index in [0.29, 0.717) is 6.61 Å². The number of carbonyl (C=O) groups excluding carboxylic acids is 1. The third kappa shape index (κ3) is 3.39. The van der Waals surface area contributed by atoms with E-state index in [0.717, 1.165) is 44.6 Å². The highest BCUT2D eigenvalue weighted by Crippen LogP contribution is 2.21. The fourth-order valence-electron chi connectivity index (χ4n) is 2.89. The van der Waals surface area contributed by atoms with Gasteiger partial charge in [-0.05, 0) is 46.2 Å². The molecule has 1 aliphatic heterocycles. The van der Waals surface area contributed by atoms with Gasteiger partial charge in [0.1, 0.15) is 6.04 Å². The molecule has 5 nitrogen and oxygen atoms in total. The number of aromatic nitrogens is 2. The Morgan fingerprint density at radius 3 is 2.95 bits per heavy atom. The summed E-state index contributed by atoms with van der Waals surface area (Å²) in [6.07, 6.45) is 3.15. The minimum absolute atomic E-state index is 0.0773. The van der Waals surface area contributed by atoms with E-state index in [2.05, 4.69) is 23.0 Å². The molecule has 1 aliphatic rings.